The third kappa shape index (κ3) is 4.33. The standard InChI is InChI=1S/C19H18N4O3S/c1-26-13-6-4-5-12(9-13)11-21-23-18(25)17(24)22-19-15(10-20)14-7-2-3-8-16(14)27-19/h4-6,9,11H,2-3,7-8H2,1H3,(H,22,24)(H,23,25)/b21-11+. The molecule has 8 heteroatoms. The maximum atomic E-state index is 12.1. The Morgan fingerprint density at radius 3 is 2.89 bits per heavy atom. The summed E-state index contributed by atoms with van der Waals surface area (Å²) in [5.74, 6) is -1.09. The van der Waals surface area contributed by atoms with Crippen LogP contribution in [0.5, 0.6) is 5.75 Å². The van der Waals surface area contributed by atoms with Crippen molar-refractivity contribution in [3.8, 4) is 11.8 Å². The van der Waals surface area contributed by atoms with E-state index in [-0.39, 0.29) is 0 Å². The van der Waals surface area contributed by atoms with E-state index >= 15 is 0 Å². The number of thiophene rings is 1. The molecule has 1 aliphatic carbocycles. The fourth-order valence-electron chi connectivity index (χ4n) is 2.87. The molecule has 0 spiro atoms. The lowest BCUT2D eigenvalue weighted by Gasteiger charge is -2.09. The smallest absolute Gasteiger partial charge is 0.329 e. The van der Waals surface area contributed by atoms with Crippen LogP contribution in [0.25, 0.3) is 0 Å². The first kappa shape index (κ1) is 18.6. The van der Waals surface area contributed by atoms with Crippen molar-refractivity contribution in [3.05, 3.63) is 45.8 Å². The molecule has 1 aliphatic rings. The number of hydrazone groups is 1. The molecule has 0 atom stereocenters. The lowest BCUT2D eigenvalue weighted by molar-refractivity contribution is -0.136. The van der Waals surface area contributed by atoms with E-state index in [2.05, 4.69) is 21.9 Å². The Kier molecular flexibility index (Phi) is 5.84. The number of anilines is 1. The van der Waals surface area contributed by atoms with Crippen LogP contribution in [0.3, 0.4) is 0 Å². The Labute approximate surface area is 160 Å². The van der Waals surface area contributed by atoms with Gasteiger partial charge in [-0.15, -0.1) is 11.3 Å². The molecular formula is C19H18N4O3S. The van der Waals surface area contributed by atoms with Crippen LogP contribution in [0.1, 0.15) is 34.4 Å². The van der Waals surface area contributed by atoms with Crippen LogP contribution in [-0.4, -0.2) is 25.1 Å². The first-order chi connectivity index (χ1) is 13.1. The molecule has 7 nitrogen and oxygen atoms in total. The van der Waals surface area contributed by atoms with E-state index < -0.39 is 11.8 Å². The van der Waals surface area contributed by atoms with Crippen LogP contribution in [0.15, 0.2) is 29.4 Å². The van der Waals surface area contributed by atoms with Crippen molar-refractivity contribution < 1.29 is 14.3 Å². The minimum absolute atomic E-state index is 0.432. The SMILES string of the molecule is COc1cccc(/C=N/NC(=O)C(=O)Nc2sc3c(c2C#N)CCCC3)c1. The molecule has 2 amide bonds. The largest absolute Gasteiger partial charge is 0.497 e. The number of nitrogens with one attached hydrogen (secondary N) is 2. The van der Waals surface area contributed by atoms with E-state index in [0.717, 1.165) is 36.1 Å². The summed E-state index contributed by atoms with van der Waals surface area (Å²) in [6.45, 7) is 0. The molecule has 1 aromatic heterocycles. The van der Waals surface area contributed by atoms with Crippen LogP contribution in [0.4, 0.5) is 5.00 Å². The van der Waals surface area contributed by atoms with Gasteiger partial charge in [-0.05, 0) is 48.9 Å². The van der Waals surface area contributed by atoms with Gasteiger partial charge in [0.05, 0.1) is 18.9 Å². The van der Waals surface area contributed by atoms with Gasteiger partial charge in [-0.2, -0.15) is 10.4 Å². The van der Waals surface area contributed by atoms with E-state index in [1.165, 1.54) is 17.6 Å². The first-order valence-corrected chi connectivity index (χ1v) is 9.27. The van der Waals surface area contributed by atoms with Crippen molar-refractivity contribution >= 4 is 34.4 Å². The maximum absolute atomic E-state index is 12.1. The third-order valence-electron chi connectivity index (χ3n) is 4.19. The Morgan fingerprint density at radius 2 is 2.11 bits per heavy atom. The second-order valence-corrected chi connectivity index (χ2v) is 7.06. The zero-order valence-corrected chi connectivity index (χ0v) is 15.6. The molecule has 0 saturated heterocycles. The Bertz CT molecular complexity index is 943. The molecule has 0 radical (unpaired) electrons. The van der Waals surface area contributed by atoms with Gasteiger partial charge in [0.15, 0.2) is 0 Å². The number of nitriles is 1. The van der Waals surface area contributed by atoms with Crippen molar-refractivity contribution in [3.63, 3.8) is 0 Å². The normalized spacial score (nSPS) is 12.9. The molecule has 0 bridgehead atoms. The molecule has 1 aromatic carbocycles. The highest BCUT2D eigenvalue weighted by Crippen LogP contribution is 2.37. The molecule has 1 heterocycles. The monoisotopic (exact) mass is 382 g/mol. The van der Waals surface area contributed by atoms with E-state index in [9.17, 15) is 14.9 Å². The van der Waals surface area contributed by atoms with Crippen molar-refractivity contribution in [2.24, 2.45) is 5.10 Å². The minimum Gasteiger partial charge on any atom is -0.497 e. The highest BCUT2D eigenvalue weighted by atomic mass is 32.1. The van der Waals surface area contributed by atoms with Gasteiger partial charge in [0, 0.05) is 4.88 Å². The summed E-state index contributed by atoms with van der Waals surface area (Å²) in [5.41, 5.74) is 4.37. The Hall–Kier alpha value is -3.18. The zero-order chi connectivity index (χ0) is 19.2. The molecule has 2 N–H and O–H groups in total. The third-order valence-corrected chi connectivity index (χ3v) is 5.40. The van der Waals surface area contributed by atoms with Crippen LogP contribution in [0, 0.1) is 11.3 Å². The van der Waals surface area contributed by atoms with Gasteiger partial charge >= 0.3 is 11.8 Å². The van der Waals surface area contributed by atoms with Crippen molar-refractivity contribution in [2.75, 3.05) is 12.4 Å². The molecule has 138 valence electrons. The van der Waals surface area contributed by atoms with E-state index in [0.29, 0.717) is 21.9 Å². The summed E-state index contributed by atoms with van der Waals surface area (Å²) >= 11 is 1.37. The summed E-state index contributed by atoms with van der Waals surface area (Å²) in [6, 6.07) is 9.25. The number of aryl methyl sites for hydroxylation is 1. The number of carbonyl (C=O) groups is 2. The average Bonchev–Trinajstić information content (AvgIpc) is 3.04. The number of hydrogen-bond donors (Lipinski definition) is 2. The molecule has 0 aliphatic heterocycles. The van der Waals surface area contributed by atoms with E-state index in [1.54, 1.807) is 31.4 Å². The second-order valence-electron chi connectivity index (χ2n) is 5.96. The van der Waals surface area contributed by atoms with Crippen molar-refractivity contribution in [1.29, 1.82) is 5.26 Å². The van der Waals surface area contributed by atoms with Gasteiger partial charge < -0.3 is 10.1 Å². The predicted octanol–water partition coefficient (Wildman–Crippen LogP) is 2.60. The predicted molar refractivity (Wildman–Crippen MR) is 103 cm³/mol. The van der Waals surface area contributed by atoms with Crippen LogP contribution < -0.4 is 15.5 Å². The topological polar surface area (TPSA) is 104 Å². The fraction of sp³-hybridized carbons (Fsp3) is 0.263. The van der Waals surface area contributed by atoms with E-state index in [1.807, 2.05) is 0 Å². The lowest BCUT2D eigenvalue weighted by atomic mass is 9.96. The minimum atomic E-state index is -0.899. The number of methoxy groups -OCH3 is 1. The zero-order valence-electron chi connectivity index (χ0n) is 14.7. The number of ether oxygens (including phenoxy) is 1. The number of rotatable bonds is 4. The molecular weight excluding hydrogens is 364 g/mol. The van der Waals surface area contributed by atoms with Gasteiger partial charge in [-0.3, -0.25) is 9.59 Å². The Morgan fingerprint density at radius 1 is 1.30 bits per heavy atom. The maximum Gasteiger partial charge on any atom is 0.329 e. The highest BCUT2D eigenvalue weighted by Gasteiger charge is 2.23. The van der Waals surface area contributed by atoms with Gasteiger partial charge in [0.2, 0.25) is 0 Å². The van der Waals surface area contributed by atoms with Gasteiger partial charge in [0.25, 0.3) is 0 Å². The summed E-state index contributed by atoms with van der Waals surface area (Å²) in [5, 5.41) is 16.1. The van der Waals surface area contributed by atoms with Crippen molar-refractivity contribution in [1.82, 2.24) is 5.43 Å². The van der Waals surface area contributed by atoms with Gasteiger partial charge in [-0.25, -0.2) is 5.43 Å². The Balaban J connectivity index is 1.63. The number of benzene rings is 1. The van der Waals surface area contributed by atoms with Crippen molar-refractivity contribution in [2.45, 2.75) is 25.7 Å². The number of fused-ring (bicyclic) bond motifs is 1. The molecule has 0 fully saturated rings. The van der Waals surface area contributed by atoms with E-state index in [4.69, 9.17) is 4.74 Å². The summed E-state index contributed by atoms with van der Waals surface area (Å²) in [4.78, 5) is 25.2. The molecule has 2 aromatic rings. The molecule has 27 heavy (non-hydrogen) atoms. The highest BCUT2D eigenvalue weighted by molar-refractivity contribution is 7.16. The molecule has 3 rings (SSSR count). The van der Waals surface area contributed by atoms with Gasteiger partial charge in [0.1, 0.15) is 16.8 Å². The number of carbonyl (C=O) groups excluding carboxylic acids is 2. The fourth-order valence-corrected chi connectivity index (χ4v) is 4.10. The van der Waals surface area contributed by atoms with Crippen LogP contribution in [-0.2, 0) is 22.4 Å². The van der Waals surface area contributed by atoms with Gasteiger partial charge in [-0.1, -0.05) is 12.1 Å². The van der Waals surface area contributed by atoms with Crippen LogP contribution in [0.2, 0.25) is 0 Å². The number of nitrogens with zero attached hydrogens (tertiary/aromatic N) is 2. The summed E-state index contributed by atoms with van der Waals surface area (Å²) in [6.07, 6.45) is 5.26. The van der Waals surface area contributed by atoms with Crippen LogP contribution >= 0.6 is 11.3 Å². The first-order valence-electron chi connectivity index (χ1n) is 8.45. The number of amides is 2. The quantitative estimate of drug-likeness (QED) is 0.482. The summed E-state index contributed by atoms with van der Waals surface area (Å²) < 4.78 is 5.10. The molecule has 0 saturated carbocycles. The lowest BCUT2D eigenvalue weighted by Crippen LogP contribution is -2.32. The average molecular weight is 382 g/mol. The summed E-state index contributed by atoms with van der Waals surface area (Å²) in [7, 11) is 1.56. The molecule has 0 unspecified atom stereocenters. The number of hydrogen-bond acceptors (Lipinski definition) is 6. The second kappa shape index (κ2) is 8.47.